The summed E-state index contributed by atoms with van der Waals surface area (Å²) in [5, 5.41) is -0.0117. The molecule has 1 aromatic rings. The van der Waals surface area contributed by atoms with E-state index in [1.165, 1.54) is 0 Å². The second-order valence-corrected chi connectivity index (χ2v) is 15.9. The number of hydrogen-bond donors (Lipinski definition) is 0. The summed E-state index contributed by atoms with van der Waals surface area (Å²) in [5.41, 5.74) is -0.905. The maximum atomic E-state index is 12.5. The van der Waals surface area contributed by atoms with Gasteiger partial charge in [-0.1, -0.05) is 74.4 Å². The molecule has 0 aliphatic carbocycles. The minimum atomic E-state index is -2.22. The van der Waals surface area contributed by atoms with Gasteiger partial charge in [0.25, 0.3) is 0 Å². The largest absolute Gasteiger partial charge is 0.461 e. The summed E-state index contributed by atoms with van der Waals surface area (Å²) < 4.78 is 23.0. The van der Waals surface area contributed by atoms with E-state index in [4.69, 9.17) is 18.6 Å². The number of methoxy groups -OCH3 is 1. The lowest BCUT2D eigenvalue weighted by Crippen LogP contribution is -2.48. The molecule has 5 nitrogen and oxygen atoms in total. The van der Waals surface area contributed by atoms with E-state index in [0.29, 0.717) is 6.42 Å². The van der Waals surface area contributed by atoms with E-state index in [1.54, 1.807) is 31.0 Å². The number of allylic oxidation sites excluding steroid dienone is 2. The van der Waals surface area contributed by atoms with E-state index in [9.17, 15) is 4.79 Å². The summed E-state index contributed by atoms with van der Waals surface area (Å²) in [6, 6.07) is 10.1. The van der Waals surface area contributed by atoms with Gasteiger partial charge < -0.3 is 18.6 Å². The average Bonchev–Trinajstić information content (AvgIpc) is 2.81. The van der Waals surface area contributed by atoms with Crippen LogP contribution in [0.3, 0.4) is 0 Å². The number of rotatable bonds is 7. The third kappa shape index (κ3) is 9.65. The van der Waals surface area contributed by atoms with Crippen molar-refractivity contribution in [2.75, 3.05) is 20.5 Å². The molecule has 1 aliphatic heterocycles. The van der Waals surface area contributed by atoms with Gasteiger partial charge in [0, 0.05) is 23.3 Å². The van der Waals surface area contributed by atoms with Crippen molar-refractivity contribution in [3.05, 3.63) is 53.5 Å². The first kappa shape index (κ1) is 30.0. The molecule has 0 fully saturated rings. The average molecular weight is 527 g/mol. The van der Waals surface area contributed by atoms with Gasteiger partial charge in [-0.25, -0.2) is 0 Å². The third-order valence-corrected chi connectivity index (χ3v) is 11.8. The Morgan fingerprint density at radius 1 is 1.17 bits per heavy atom. The molecule has 0 saturated heterocycles. The third-order valence-electron chi connectivity index (χ3n) is 6.02. The summed E-state index contributed by atoms with van der Waals surface area (Å²) >= 11 is 1.58. The Kier molecular flexibility index (Phi) is 11.6. The number of cyclic esters (lactones) is 1. The maximum Gasteiger partial charge on any atom is 0.306 e. The molecule has 7 heteroatoms. The molecule has 0 radical (unpaired) electrons. The number of hydrogen-bond acceptors (Lipinski definition) is 6. The van der Waals surface area contributed by atoms with Gasteiger partial charge >= 0.3 is 5.97 Å². The second-order valence-electron chi connectivity index (χ2n) is 10.1. The zero-order chi connectivity index (χ0) is 26.7. The molecular weight excluding hydrogens is 488 g/mol. The summed E-state index contributed by atoms with van der Waals surface area (Å²) in [6.45, 7) is 13.3. The van der Waals surface area contributed by atoms with E-state index in [2.05, 4.69) is 57.5 Å². The molecular formula is C29H38O5SSi. The summed E-state index contributed by atoms with van der Waals surface area (Å²) in [6.07, 6.45) is 5.49. The van der Waals surface area contributed by atoms with Gasteiger partial charge in [-0.3, -0.25) is 4.79 Å². The molecule has 1 aromatic carbocycles. The number of thioether (sulfide) groups is 1. The van der Waals surface area contributed by atoms with Gasteiger partial charge in [-0.05, 0) is 61.8 Å². The first-order valence-electron chi connectivity index (χ1n) is 12.1. The van der Waals surface area contributed by atoms with Gasteiger partial charge in [0.05, 0.1) is 0 Å². The van der Waals surface area contributed by atoms with Crippen LogP contribution in [0.2, 0.25) is 18.1 Å². The molecule has 194 valence electrons. The SMILES string of the molecule is COCO[C@H]1C#C/C=C\C#C[C@@](C)(O[Si](C)(C)C(C)(C)C)/C(Sc2ccccc2)=C/COC(=O)CC1. The van der Waals surface area contributed by atoms with Crippen LogP contribution in [-0.2, 0) is 23.4 Å². The van der Waals surface area contributed by atoms with E-state index in [1.807, 2.05) is 43.3 Å². The van der Waals surface area contributed by atoms with Crippen LogP contribution >= 0.6 is 11.8 Å². The van der Waals surface area contributed by atoms with Crippen molar-refractivity contribution in [3.63, 3.8) is 0 Å². The van der Waals surface area contributed by atoms with Crippen molar-refractivity contribution in [2.24, 2.45) is 0 Å². The predicted octanol–water partition coefficient (Wildman–Crippen LogP) is 6.33. The zero-order valence-electron chi connectivity index (χ0n) is 22.5. The van der Waals surface area contributed by atoms with Crippen LogP contribution in [0.5, 0.6) is 0 Å². The number of esters is 1. The lowest BCUT2D eigenvalue weighted by molar-refractivity contribution is -0.143. The molecule has 0 aromatic heterocycles. The summed E-state index contributed by atoms with van der Waals surface area (Å²) in [7, 11) is -0.675. The van der Waals surface area contributed by atoms with Crippen LogP contribution in [0.15, 0.2) is 58.4 Å². The highest BCUT2D eigenvalue weighted by molar-refractivity contribution is 8.03. The van der Waals surface area contributed by atoms with Gasteiger partial charge in [0.15, 0.2) is 8.32 Å². The van der Waals surface area contributed by atoms with Gasteiger partial charge in [-0.2, -0.15) is 0 Å². The standard InChI is InChI=1S/C29H38O5SSi/c1-28(2,3)36(6,7)34-29(4)21-14-9-8-11-15-24(33-23-31-5)18-19-27(30)32-22-20-26(29)35-25-16-12-10-13-17-25/h8-10,12-13,16-17,20,24H,18-19,22-23H2,1-7H3/b9-8-,26-20-/t24-,29+/m0/s1. The smallest absolute Gasteiger partial charge is 0.306 e. The summed E-state index contributed by atoms with van der Waals surface area (Å²) in [5.74, 6) is 12.1. The first-order chi connectivity index (χ1) is 17.0. The van der Waals surface area contributed by atoms with Crippen molar-refractivity contribution in [1.82, 2.24) is 0 Å². The molecule has 0 bridgehead atoms. The topological polar surface area (TPSA) is 54.0 Å². The Bertz CT molecular complexity index is 1050. The van der Waals surface area contributed by atoms with Crippen molar-refractivity contribution in [3.8, 4) is 23.7 Å². The number of carbonyl (C=O) groups excluding carboxylic acids is 1. The Morgan fingerprint density at radius 2 is 1.86 bits per heavy atom. The highest BCUT2D eigenvalue weighted by Gasteiger charge is 2.44. The molecule has 1 heterocycles. The number of benzene rings is 1. The van der Waals surface area contributed by atoms with Crippen LogP contribution < -0.4 is 0 Å². The number of ether oxygens (including phenoxy) is 3. The van der Waals surface area contributed by atoms with Gasteiger partial charge in [0.1, 0.15) is 25.1 Å². The van der Waals surface area contributed by atoms with E-state index in [-0.39, 0.29) is 30.8 Å². The number of carbonyl (C=O) groups is 1. The Hall–Kier alpha value is -2.26. The molecule has 0 unspecified atom stereocenters. The fraction of sp³-hybridized carbons (Fsp3) is 0.483. The Labute approximate surface area is 222 Å². The van der Waals surface area contributed by atoms with Gasteiger partial charge in [0.2, 0.25) is 0 Å². The van der Waals surface area contributed by atoms with Crippen molar-refractivity contribution in [2.45, 2.75) is 75.3 Å². The molecule has 36 heavy (non-hydrogen) atoms. The Balaban J connectivity index is 2.50. The minimum absolute atomic E-state index is 0.0117. The van der Waals surface area contributed by atoms with Crippen LogP contribution in [0.1, 0.15) is 40.5 Å². The quantitative estimate of drug-likeness (QED) is 0.179. The van der Waals surface area contributed by atoms with Crippen molar-refractivity contribution in [1.29, 1.82) is 0 Å². The van der Waals surface area contributed by atoms with Crippen LogP contribution in [-0.4, -0.2) is 46.5 Å². The van der Waals surface area contributed by atoms with E-state index in [0.717, 1.165) is 9.80 Å². The van der Waals surface area contributed by atoms with Crippen LogP contribution in [0.25, 0.3) is 0 Å². The molecule has 2 atom stereocenters. The van der Waals surface area contributed by atoms with E-state index < -0.39 is 20.0 Å². The molecule has 1 aliphatic rings. The summed E-state index contributed by atoms with van der Waals surface area (Å²) in [4.78, 5) is 14.4. The Morgan fingerprint density at radius 3 is 2.53 bits per heavy atom. The lowest BCUT2D eigenvalue weighted by atomic mass is 10.1. The molecule has 0 spiro atoms. The van der Waals surface area contributed by atoms with Crippen LogP contribution in [0, 0.1) is 23.7 Å². The van der Waals surface area contributed by atoms with Gasteiger partial charge in [-0.15, -0.1) is 0 Å². The van der Waals surface area contributed by atoms with Crippen LogP contribution in [0.4, 0.5) is 0 Å². The second kappa shape index (κ2) is 13.9. The fourth-order valence-corrected chi connectivity index (χ4v) is 5.58. The highest BCUT2D eigenvalue weighted by Crippen LogP contribution is 2.44. The fourth-order valence-electron chi connectivity index (χ4n) is 3.03. The minimum Gasteiger partial charge on any atom is -0.461 e. The van der Waals surface area contributed by atoms with Crippen molar-refractivity contribution >= 4 is 26.0 Å². The molecule has 0 N–H and O–H groups in total. The molecule has 2 rings (SSSR count). The van der Waals surface area contributed by atoms with Crippen molar-refractivity contribution < 1.29 is 23.4 Å². The zero-order valence-corrected chi connectivity index (χ0v) is 24.3. The molecule has 0 amide bonds. The predicted molar refractivity (Wildman–Crippen MR) is 149 cm³/mol. The normalized spacial score (nSPS) is 23.9. The molecule has 0 saturated carbocycles. The van der Waals surface area contributed by atoms with E-state index >= 15 is 0 Å². The first-order valence-corrected chi connectivity index (χ1v) is 15.8. The maximum absolute atomic E-state index is 12.5. The highest BCUT2D eigenvalue weighted by atomic mass is 32.2. The lowest BCUT2D eigenvalue weighted by Gasteiger charge is -2.42. The monoisotopic (exact) mass is 526 g/mol.